The van der Waals surface area contributed by atoms with Gasteiger partial charge in [0, 0.05) is 24.2 Å². The first-order valence-electron chi connectivity index (χ1n) is 8.04. The van der Waals surface area contributed by atoms with Crippen molar-refractivity contribution < 1.29 is 18.3 Å². The zero-order valence-electron chi connectivity index (χ0n) is 13.3. The van der Waals surface area contributed by atoms with Crippen molar-refractivity contribution in [1.29, 1.82) is 0 Å². The number of benzene rings is 2. The SMILES string of the molecule is O=C(c1ccccc1)N1CCC[C@H](OCc2cccc(F)c2F)C1. The van der Waals surface area contributed by atoms with E-state index < -0.39 is 11.6 Å². The normalized spacial score (nSPS) is 17.8. The average Bonchev–Trinajstić information content (AvgIpc) is 2.63. The molecule has 1 fully saturated rings. The molecule has 3 rings (SSSR count). The van der Waals surface area contributed by atoms with E-state index in [9.17, 15) is 13.6 Å². The highest BCUT2D eigenvalue weighted by Crippen LogP contribution is 2.19. The number of carbonyl (C=O) groups excluding carboxylic acids is 1. The monoisotopic (exact) mass is 331 g/mol. The fourth-order valence-electron chi connectivity index (χ4n) is 2.89. The van der Waals surface area contributed by atoms with Crippen LogP contribution in [0, 0.1) is 11.6 Å². The topological polar surface area (TPSA) is 29.5 Å². The van der Waals surface area contributed by atoms with Gasteiger partial charge in [-0.15, -0.1) is 0 Å². The minimum Gasteiger partial charge on any atom is -0.372 e. The van der Waals surface area contributed by atoms with E-state index in [1.165, 1.54) is 12.1 Å². The first-order chi connectivity index (χ1) is 11.6. The molecule has 1 amide bonds. The molecule has 0 N–H and O–H groups in total. The van der Waals surface area contributed by atoms with Gasteiger partial charge in [-0.2, -0.15) is 0 Å². The minimum absolute atomic E-state index is 0.00161. The van der Waals surface area contributed by atoms with Gasteiger partial charge in [-0.25, -0.2) is 8.78 Å². The Morgan fingerprint density at radius 2 is 1.92 bits per heavy atom. The lowest BCUT2D eigenvalue weighted by Gasteiger charge is -2.32. The standard InChI is InChI=1S/C19H19F2NO2/c20-17-10-4-8-15(18(17)21)13-24-16-9-5-11-22(12-16)19(23)14-6-2-1-3-7-14/h1-4,6-8,10,16H,5,9,11-13H2/t16-/m0/s1. The van der Waals surface area contributed by atoms with Crippen LogP contribution in [0.25, 0.3) is 0 Å². The quantitative estimate of drug-likeness (QED) is 0.853. The summed E-state index contributed by atoms with van der Waals surface area (Å²) in [4.78, 5) is 14.2. The number of nitrogens with zero attached hydrogens (tertiary/aromatic N) is 1. The van der Waals surface area contributed by atoms with Gasteiger partial charge in [0.2, 0.25) is 0 Å². The predicted molar refractivity (Wildman–Crippen MR) is 86.5 cm³/mol. The number of hydrogen-bond acceptors (Lipinski definition) is 2. The minimum atomic E-state index is -0.874. The van der Waals surface area contributed by atoms with Crippen molar-refractivity contribution in [3.05, 3.63) is 71.3 Å². The fraction of sp³-hybridized carbons (Fsp3) is 0.316. The lowest BCUT2D eigenvalue weighted by Crippen LogP contribution is -2.43. The number of halogens is 2. The number of amides is 1. The summed E-state index contributed by atoms with van der Waals surface area (Å²) < 4.78 is 32.6. The van der Waals surface area contributed by atoms with Crippen LogP contribution in [0.3, 0.4) is 0 Å². The third kappa shape index (κ3) is 3.79. The molecule has 0 radical (unpaired) electrons. The van der Waals surface area contributed by atoms with Crippen LogP contribution < -0.4 is 0 Å². The van der Waals surface area contributed by atoms with Gasteiger partial charge in [0.05, 0.1) is 12.7 Å². The maximum Gasteiger partial charge on any atom is 0.253 e. The van der Waals surface area contributed by atoms with E-state index in [2.05, 4.69) is 0 Å². The van der Waals surface area contributed by atoms with Gasteiger partial charge in [-0.1, -0.05) is 30.3 Å². The van der Waals surface area contributed by atoms with Crippen molar-refractivity contribution in [3.63, 3.8) is 0 Å². The molecule has 2 aromatic carbocycles. The molecule has 126 valence electrons. The lowest BCUT2D eigenvalue weighted by atomic mass is 10.1. The second-order valence-corrected chi connectivity index (χ2v) is 5.91. The van der Waals surface area contributed by atoms with Crippen LogP contribution in [0.15, 0.2) is 48.5 Å². The van der Waals surface area contributed by atoms with Crippen LogP contribution in [0.5, 0.6) is 0 Å². The summed E-state index contributed by atoms with van der Waals surface area (Å²) in [6.07, 6.45) is 1.46. The van der Waals surface area contributed by atoms with E-state index in [-0.39, 0.29) is 24.2 Å². The molecule has 1 aliphatic heterocycles. The van der Waals surface area contributed by atoms with Gasteiger partial charge < -0.3 is 9.64 Å². The summed E-state index contributed by atoms with van der Waals surface area (Å²) in [7, 11) is 0. The fourth-order valence-corrected chi connectivity index (χ4v) is 2.89. The zero-order valence-corrected chi connectivity index (χ0v) is 13.3. The van der Waals surface area contributed by atoms with Crippen LogP contribution in [0.1, 0.15) is 28.8 Å². The van der Waals surface area contributed by atoms with Gasteiger partial charge in [0.1, 0.15) is 0 Å². The Kier molecular flexibility index (Phi) is 5.20. The van der Waals surface area contributed by atoms with Crippen LogP contribution in [0.4, 0.5) is 8.78 Å². The highest BCUT2D eigenvalue weighted by atomic mass is 19.2. The molecule has 0 saturated carbocycles. The van der Waals surface area contributed by atoms with E-state index in [1.54, 1.807) is 17.0 Å². The number of carbonyl (C=O) groups is 1. The number of hydrogen-bond donors (Lipinski definition) is 0. The second-order valence-electron chi connectivity index (χ2n) is 5.91. The Morgan fingerprint density at radius 1 is 1.12 bits per heavy atom. The predicted octanol–water partition coefficient (Wildman–Crippen LogP) is 3.79. The molecule has 1 aliphatic rings. The van der Waals surface area contributed by atoms with Gasteiger partial charge >= 0.3 is 0 Å². The maximum absolute atomic E-state index is 13.7. The average molecular weight is 331 g/mol. The van der Waals surface area contributed by atoms with Crippen molar-refractivity contribution in [2.75, 3.05) is 13.1 Å². The van der Waals surface area contributed by atoms with E-state index in [1.807, 2.05) is 18.2 Å². The molecule has 3 nitrogen and oxygen atoms in total. The Balaban J connectivity index is 1.60. The number of piperidine rings is 1. The van der Waals surface area contributed by atoms with Crippen LogP contribution >= 0.6 is 0 Å². The van der Waals surface area contributed by atoms with Crippen molar-refractivity contribution in [3.8, 4) is 0 Å². The Morgan fingerprint density at radius 3 is 2.71 bits per heavy atom. The Labute approximate surface area is 139 Å². The van der Waals surface area contributed by atoms with E-state index >= 15 is 0 Å². The van der Waals surface area contributed by atoms with Gasteiger partial charge in [0.25, 0.3) is 5.91 Å². The van der Waals surface area contributed by atoms with Crippen molar-refractivity contribution in [2.45, 2.75) is 25.6 Å². The molecule has 2 aromatic rings. The van der Waals surface area contributed by atoms with Crippen molar-refractivity contribution >= 4 is 5.91 Å². The molecule has 0 spiro atoms. The summed E-state index contributed by atoms with van der Waals surface area (Å²) >= 11 is 0. The van der Waals surface area contributed by atoms with Crippen LogP contribution in [0.2, 0.25) is 0 Å². The van der Waals surface area contributed by atoms with Crippen molar-refractivity contribution in [1.82, 2.24) is 4.90 Å². The molecular weight excluding hydrogens is 312 g/mol. The number of ether oxygens (including phenoxy) is 1. The van der Waals surface area contributed by atoms with Gasteiger partial charge in [-0.3, -0.25) is 4.79 Å². The zero-order chi connectivity index (χ0) is 16.9. The molecule has 0 unspecified atom stereocenters. The second kappa shape index (κ2) is 7.53. The van der Waals surface area contributed by atoms with Crippen molar-refractivity contribution in [2.24, 2.45) is 0 Å². The molecule has 5 heteroatoms. The first kappa shape index (κ1) is 16.6. The first-order valence-corrected chi connectivity index (χ1v) is 8.04. The molecular formula is C19H19F2NO2. The Hall–Kier alpha value is -2.27. The maximum atomic E-state index is 13.7. The molecule has 1 heterocycles. The molecule has 0 aromatic heterocycles. The number of likely N-dealkylation sites (tertiary alicyclic amines) is 1. The molecule has 0 bridgehead atoms. The Bertz CT molecular complexity index is 706. The van der Waals surface area contributed by atoms with Crippen LogP contribution in [-0.4, -0.2) is 30.0 Å². The molecule has 0 aliphatic carbocycles. The number of rotatable bonds is 4. The molecule has 1 atom stereocenters. The third-order valence-electron chi connectivity index (χ3n) is 4.19. The summed E-state index contributed by atoms with van der Waals surface area (Å²) in [5.74, 6) is -1.77. The third-order valence-corrected chi connectivity index (χ3v) is 4.19. The smallest absolute Gasteiger partial charge is 0.253 e. The van der Waals surface area contributed by atoms with E-state index in [0.717, 1.165) is 18.9 Å². The van der Waals surface area contributed by atoms with Gasteiger partial charge in [-0.05, 0) is 31.0 Å². The largest absolute Gasteiger partial charge is 0.372 e. The van der Waals surface area contributed by atoms with Gasteiger partial charge in [0.15, 0.2) is 11.6 Å². The summed E-state index contributed by atoms with van der Waals surface area (Å²) in [6, 6.07) is 13.2. The van der Waals surface area contributed by atoms with E-state index in [0.29, 0.717) is 18.7 Å². The highest BCUT2D eigenvalue weighted by Gasteiger charge is 2.25. The highest BCUT2D eigenvalue weighted by molar-refractivity contribution is 5.94. The van der Waals surface area contributed by atoms with Crippen LogP contribution in [-0.2, 0) is 11.3 Å². The summed E-state index contributed by atoms with van der Waals surface area (Å²) in [5, 5.41) is 0. The summed E-state index contributed by atoms with van der Waals surface area (Å²) in [6.45, 7) is 1.15. The molecule has 24 heavy (non-hydrogen) atoms. The van der Waals surface area contributed by atoms with E-state index in [4.69, 9.17) is 4.74 Å². The summed E-state index contributed by atoms with van der Waals surface area (Å²) in [5.41, 5.74) is 0.843. The lowest BCUT2D eigenvalue weighted by molar-refractivity contribution is -0.00776. The molecule has 1 saturated heterocycles.